The molecule has 3 N–H and O–H groups in total. The van der Waals surface area contributed by atoms with Crippen LogP contribution in [-0.4, -0.2) is 30.9 Å². The highest BCUT2D eigenvalue weighted by Crippen LogP contribution is 2.42. The molecule has 24 heavy (non-hydrogen) atoms. The highest BCUT2D eigenvalue weighted by molar-refractivity contribution is 8.00. The van der Waals surface area contributed by atoms with Gasteiger partial charge in [-0.15, -0.1) is 11.8 Å². The van der Waals surface area contributed by atoms with Gasteiger partial charge in [-0.3, -0.25) is 4.79 Å². The number of thiazole rings is 1. The van der Waals surface area contributed by atoms with Gasteiger partial charge in [0.1, 0.15) is 12.4 Å². The Morgan fingerprint density at radius 1 is 1.50 bits per heavy atom. The normalized spacial score (nSPS) is 14.2. The van der Waals surface area contributed by atoms with Crippen molar-refractivity contribution in [2.75, 3.05) is 11.1 Å². The maximum atomic E-state index is 12.9. The minimum atomic E-state index is -0.453. The van der Waals surface area contributed by atoms with Crippen molar-refractivity contribution in [3.63, 3.8) is 0 Å². The fourth-order valence-electron chi connectivity index (χ4n) is 2.22. The number of nitrogen functional groups attached to an aromatic ring is 1. The number of pyridine rings is 1. The molecule has 0 unspecified atom stereocenters. The lowest BCUT2D eigenvalue weighted by molar-refractivity contribution is -0.116. The van der Waals surface area contributed by atoms with Crippen molar-refractivity contribution in [2.24, 2.45) is 0 Å². The number of nitrogens with one attached hydrogen (secondary N) is 1. The summed E-state index contributed by atoms with van der Waals surface area (Å²) < 4.78 is 14.4. The van der Waals surface area contributed by atoms with E-state index in [0.717, 1.165) is 27.8 Å². The van der Waals surface area contributed by atoms with Gasteiger partial charge in [-0.2, -0.15) is 9.49 Å². The molecule has 0 aromatic carbocycles. The first kappa shape index (κ1) is 15.3. The Morgan fingerprint density at radius 3 is 3.04 bits per heavy atom. The Bertz CT molecular complexity index is 919. The number of anilines is 2. The van der Waals surface area contributed by atoms with E-state index < -0.39 is 5.13 Å². The van der Waals surface area contributed by atoms with E-state index in [0.29, 0.717) is 16.7 Å². The number of aromatic nitrogens is 4. The second kappa shape index (κ2) is 6.02. The zero-order chi connectivity index (χ0) is 16.7. The van der Waals surface area contributed by atoms with Gasteiger partial charge in [0, 0.05) is 10.1 Å². The van der Waals surface area contributed by atoms with Gasteiger partial charge in [-0.25, -0.2) is 14.6 Å². The molecule has 10 heteroatoms. The number of nitrogens with zero attached hydrogens (tertiary/aromatic N) is 4. The summed E-state index contributed by atoms with van der Waals surface area (Å²) in [6.45, 7) is -0.0469. The van der Waals surface area contributed by atoms with Crippen molar-refractivity contribution in [1.29, 1.82) is 0 Å². The van der Waals surface area contributed by atoms with Crippen LogP contribution >= 0.6 is 23.1 Å². The molecule has 0 atom stereocenters. The Kier molecular flexibility index (Phi) is 3.85. The number of amides is 1. The summed E-state index contributed by atoms with van der Waals surface area (Å²) in [6.07, 6.45) is 5.17. The number of halogens is 1. The smallest absolute Gasteiger partial charge is 0.247 e. The van der Waals surface area contributed by atoms with Gasteiger partial charge in [0.05, 0.1) is 17.8 Å². The highest BCUT2D eigenvalue weighted by atomic mass is 32.2. The molecule has 0 radical (unpaired) electrons. The van der Waals surface area contributed by atoms with Crippen LogP contribution in [0.15, 0.2) is 23.4 Å². The lowest BCUT2D eigenvalue weighted by atomic mass is 10.3. The number of carbonyl (C=O) groups excluding carboxylic acids is 1. The molecule has 7 nitrogen and oxygen atoms in total. The first-order valence-electron chi connectivity index (χ1n) is 7.28. The van der Waals surface area contributed by atoms with Crippen molar-refractivity contribution in [2.45, 2.75) is 29.5 Å². The second-order valence-corrected chi connectivity index (χ2v) is 7.74. The average molecular weight is 364 g/mol. The summed E-state index contributed by atoms with van der Waals surface area (Å²) in [7, 11) is 0. The third kappa shape index (κ3) is 3.20. The molecule has 0 saturated heterocycles. The zero-order valence-corrected chi connectivity index (χ0v) is 14.0. The second-order valence-electron chi connectivity index (χ2n) is 5.42. The van der Waals surface area contributed by atoms with Crippen LogP contribution in [0.5, 0.6) is 0 Å². The van der Waals surface area contributed by atoms with Gasteiger partial charge in [-0.1, -0.05) is 11.3 Å². The maximum Gasteiger partial charge on any atom is 0.247 e. The lowest BCUT2D eigenvalue weighted by Gasteiger charge is -2.06. The molecule has 1 amide bonds. The van der Waals surface area contributed by atoms with Crippen molar-refractivity contribution in [3.8, 4) is 0 Å². The number of nitrogens with two attached hydrogens (primary N) is 1. The molecule has 124 valence electrons. The highest BCUT2D eigenvalue weighted by Gasteiger charge is 2.24. The Hall–Kier alpha value is -2.20. The molecular formula is C14H13FN6OS2. The average Bonchev–Trinajstić information content (AvgIpc) is 3.12. The van der Waals surface area contributed by atoms with Gasteiger partial charge in [-0.05, 0) is 18.9 Å². The van der Waals surface area contributed by atoms with Crippen LogP contribution in [0.2, 0.25) is 0 Å². The summed E-state index contributed by atoms with van der Waals surface area (Å²) >= 11 is 2.54. The summed E-state index contributed by atoms with van der Waals surface area (Å²) in [5, 5.41) is 8.06. The van der Waals surface area contributed by atoms with Gasteiger partial charge in [0.25, 0.3) is 0 Å². The molecule has 3 aromatic rings. The fraction of sp³-hybridized carbons (Fsp3) is 0.286. The first-order valence-corrected chi connectivity index (χ1v) is 8.98. The van der Waals surface area contributed by atoms with E-state index in [1.54, 1.807) is 18.0 Å². The molecule has 3 aromatic heterocycles. The molecule has 0 bridgehead atoms. The predicted octanol–water partition coefficient (Wildman–Crippen LogP) is 2.50. The van der Waals surface area contributed by atoms with Crippen LogP contribution in [0.4, 0.5) is 15.3 Å². The van der Waals surface area contributed by atoms with Crippen molar-refractivity contribution >= 4 is 51.0 Å². The topological polar surface area (TPSA) is 98.7 Å². The molecule has 1 fully saturated rings. The first-order chi connectivity index (χ1) is 11.6. The molecule has 3 heterocycles. The number of hydrogen-bond acceptors (Lipinski definition) is 7. The minimum Gasteiger partial charge on any atom is -0.384 e. The largest absolute Gasteiger partial charge is 0.384 e. The van der Waals surface area contributed by atoms with Crippen LogP contribution in [0.3, 0.4) is 0 Å². The summed E-state index contributed by atoms with van der Waals surface area (Å²) in [4.78, 5) is 21.2. The summed E-state index contributed by atoms with van der Waals surface area (Å²) in [6, 6.07) is 1.84. The number of fused-ring (bicyclic) bond motifs is 1. The number of carbonyl (C=O) groups is 1. The van der Waals surface area contributed by atoms with Crippen LogP contribution in [0, 0.1) is 5.13 Å². The van der Waals surface area contributed by atoms with E-state index >= 15 is 0 Å². The van der Waals surface area contributed by atoms with Crippen LogP contribution in [0.25, 0.3) is 11.0 Å². The third-order valence-corrected chi connectivity index (χ3v) is 5.52. The van der Waals surface area contributed by atoms with Gasteiger partial charge < -0.3 is 11.1 Å². The van der Waals surface area contributed by atoms with Crippen molar-refractivity contribution < 1.29 is 9.18 Å². The fourth-order valence-corrected chi connectivity index (χ4v) is 3.97. The molecule has 1 aliphatic rings. The number of thioether (sulfide) groups is 1. The standard InChI is InChI=1S/C14H13FN6OS2/c15-10-5-17-14(24-10)20-12(22)6-21-13-8(4-18-21)9(3-11(16)19-13)23-7-1-2-7/h3-5,7H,1-2,6H2,(H2,16,19)(H,17,20,22). The van der Waals surface area contributed by atoms with Crippen LogP contribution in [0.1, 0.15) is 12.8 Å². The van der Waals surface area contributed by atoms with E-state index in [2.05, 4.69) is 20.4 Å². The summed E-state index contributed by atoms with van der Waals surface area (Å²) in [5.41, 5.74) is 6.46. The zero-order valence-electron chi connectivity index (χ0n) is 12.4. The van der Waals surface area contributed by atoms with Gasteiger partial charge in [0.15, 0.2) is 15.9 Å². The SMILES string of the molecule is Nc1cc(SC2CC2)c2cnn(CC(=O)Nc3ncc(F)s3)c2n1. The van der Waals surface area contributed by atoms with Gasteiger partial charge >= 0.3 is 0 Å². The Morgan fingerprint density at radius 2 is 2.33 bits per heavy atom. The third-order valence-electron chi connectivity index (χ3n) is 3.43. The monoisotopic (exact) mass is 364 g/mol. The van der Waals surface area contributed by atoms with E-state index in [1.807, 2.05) is 6.07 Å². The molecule has 1 saturated carbocycles. The molecular weight excluding hydrogens is 351 g/mol. The van der Waals surface area contributed by atoms with Gasteiger partial charge in [0.2, 0.25) is 5.91 Å². The predicted molar refractivity (Wildman–Crippen MR) is 91.5 cm³/mol. The van der Waals surface area contributed by atoms with E-state index in [4.69, 9.17) is 5.73 Å². The number of hydrogen-bond donors (Lipinski definition) is 2. The van der Waals surface area contributed by atoms with Crippen LogP contribution in [-0.2, 0) is 11.3 Å². The number of rotatable bonds is 5. The van der Waals surface area contributed by atoms with Crippen molar-refractivity contribution in [3.05, 3.63) is 23.6 Å². The molecule has 0 aliphatic heterocycles. The molecule has 0 spiro atoms. The molecule has 4 rings (SSSR count). The maximum absolute atomic E-state index is 12.9. The van der Waals surface area contributed by atoms with E-state index in [-0.39, 0.29) is 17.6 Å². The Labute approximate surface area is 144 Å². The lowest BCUT2D eigenvalue weighted by Crippen LogP contribution is -2.19. The van der Waals surface area contributed by atoms with E-state index in [9.17, 15) is 9.18 Å². The van der Waals surface area contributed by atoms with E-state index in [1.165, 1.54) is 17.5 Å². The quantitative estimate of drug-likeness (QED) is 0.722. The Balaban J connectivity index is 1.57. The van der Waals surface area contributed by atoms with Crippen LogP contribution < -0.4 is 11.1 Å². The summed E-state index contributed by atoms with van der Waals surface area (Å²) in [5.74, 6) is 0.0461. The minimum absolute atomic E-state index is 0.0469. The molecule has 1 aliphatic carbocycles. The van der Waals surface area contributed by atoms with Crippen molar-refractivity contribution in [1.82, 2.24) is 19.7 Å².